The summed E-state index contributed by atoms with van der Waals surface area (Å²) in [4.78, 5) is 10.1. The Balaban J connectivity index is 2.87. The molecule has 1 amide bonds. The summed E-state index contributed by atoms with van der Waals surface area (Å²) < 4.78 is 0. The van der Waals surface area contributed by atoms with E-state index in [2.05, 4.69) is 5.32 Å². The van der Waals surface area contributed by atoms with E-state index in [1.807, 2.05) is 0 Å². The van der Waals surface area contributed by atoms with Crippen LogP contribution < -0.4 is 5.32 Å². The predicted octanol–water partition coefficient (Wildman–Crippen LogP) is 1.31. The van der Waals surface area contributed by atoms with Gasteiger partial charge in [-0.15, -0.1) is 0 Å². The molecule has 0 heterocycles. The highest BCUT2D eigenvalue weighted by atomic mass is 16.3. The molecule has 0 saturated heterocycles. The van der Waals surface area contributed by atoms with Crippen LogP contribution >= 0.6 is 0 Å². The molecule has 0 unspecified atom stereocenters. The number of carbonyl (C=O) groups is 1. The van der Waals surface area contributed by atoms with E-state index in [9.17, 15) is 9.90 Å². The van der Waals surface area contributed by atoms with Crippen LogP contribution in [0.2, 0.25) is 0 Å². The molecule has 0 aliphatic heterocycles. The number of aliphatic hydroxyl groups is 1. The van der Waals surface area contributed by atoms with E-state index in [-0.39, 0.29) is 0 Å². The van der Waals surface area contributed by atoms with E-state index in [0.29, 0.717) is 12.1 Å². The Kier molecular flexibility index (Phi) is 2.82. The zero-order chi connectivity index (χ0) is 8.97. The van der Waals surface area contributed by atoms with E-state index < -0.39 is 6.10 Å². The van der Waals surface area contributed by atoms with Gasteiger partial charge in [0.05, 0.1) is 6.10 Å². The predicted molar refractivity (Wildman–Crippen MR) is 46.8 cm³/mol. The van der Waals surface area contributed by atoms with Crippen LogP contribution in [-0.2, 0) is 4.79 Å². The van der Waals surface area contributed by atoms with Crippen LogP contribution in [0, 0.1) is 0 Å². The zero-order valence-corrected chi connectivity index (χ0v) is 6.82. The molecule has 0 aliphatic carbocycles. The molecule has 2 N–H and O–H groups in total. The summed E-state index contributed by atoms with van der Waals surface area (Å²) in [7, 11) is 0. The standard InChI is InChI=1S/C9H11NO2/c1-7(12)8-3-2-4-9(5-8)10-6-11/h2-7,12H,1H3,(H,10,11)/t7-/m1/s1. The molecule has 0 fully saturated rings. The largest absolute Gasteiger partial charge is 0.389 e. The monoisotopic (exact) mass is 165 g/mol. The molecule has 1 rings (SSSR count). The smallest absolute Gasteiger partial charge is 0.211 e. The third-order valence-electron chi connectivity index (χ3n) is 1.59. The van der Waals surface area contributed by atoms with Gasteiger partial charge in [-0.1, -0.05) is 12.1 Å². The first kappa shape index (κ1) is 8.74. The lowest BCUT2D eigenvalue weighted by molar-refractivity contribution is -0.105. The Morgan fingerprint density at radius 3 is 2.92 bits per heavy atom. The fourth-order valence-electron chi connectivity index (χ4n) is 0.956. The van der Waals surface area contributed by atoms with Gasteiger partial charge in [0.25, 0.3) is 0 Å². The van der Waals surface area contributed by atoms with Crippen molar-refractivity contribution in [1.82, 2.24) is 0 Å². The van der Waals surface area contributed by atoms with Crippen molar-refractivity contribution in [2.24, 2.45) is 0 Å². The third kappa shape index (κ3) is 2.07. The van der Waals surface area contributed by atoms with Gasteiger partial charge in [0.2, 0.25) is 6.41 Å². The summed E-state index contributed by atoms with van der Waals surface area (Å²) in [5, 5.41) is 11.7. The molecule has 0 aromatic heterocycles. The van der Waals surface area contributed by atoms with Crippen molar-refractivity contribution in [1.29, 1.82) is 0 Å². The van der Waals surface area contributed by atoms with Crippen molar-refractivity contribution in [3.05, 3.63) is 29.8 Å². The van der Waals surface area contributed by atoms with E-state index in [1.165, 1.54) is 0 Å². The lowest BCUT2D eigenvalue weighted by atomic mass is 10.1. The molecule has 0 bridgehead atoms. The van der Waals surface area contributed by atoms with E-state index in [0.717, 1.165) is 5.56 Å². The van der Waals surface area contributed by atoms with Crippen LogP contribution in [-0.4, -0.2) is 11.5 Å². The number of benzene rings is 1. The molecular formula is C9H11NO2. The van der Waals surface area contributed by atoms with Crippen molar-refractivity contribution in [3.8, 4) is 0 Å². The number of amides is 1. The lowest BCUT2D eigenvalue weighted by Gasteiger charge is -2.05. The Morgan fingerprint density at radius 2 is 2.33 bits per heavy atom. The van der Waals surface area contributed by atoms with Crippen LogP contribution in [0.25, 0.3) is 0 Å². The first-order valence-corrected chi connectivity index (χ1v) is 3.72. The highest BCUT2D eigenvalue weighted by molar-refractivity contribution is 5.71. The Bertz CT molecular complexity index is 271. The average Bonchev–Trinajstić information content (AvgIpc) is 2.05. The Labute approximate surface area is 71.0 Å². The quantitative estimate of drug-likeness (QED) is 0.663. The number of anilines is 1. The van der Waals surface area contributed by atoms with Crippen molar-refractivity contribution in [2.45, 2.75) is 13.0 Å². The van der Waals surface area contributed by atoms with Crippen LogP contribution in [0.5, 0.6) is 0 Å². The molecular weight excluding hydrogens is 154 g/mol. The maximum absolute atomic E-state index is 10.1. The van der Waals surface area contributed by atoms with Gasteiger partial charge in [0.1, 0.15) is 0 Å². The maximum Gasteiger partial charge on any atom is 0.211 e. The van der Waals surface area contributed by atoms with Gasteiger partial charge < -0.3 is 10.4 Å². The molecule has 0 saturated carbocycles. The minimum Gasteiger partial charge on any atom is -0.389 e. The van der Waals surface area contributed by atoms with E-state index >= 15 is 0 Å². The summed E-state index contributed by atoms with van der Waals surface area (Å²) in [5.41, 5.74) is 1.49. The molecule has 1 atom stereocenters. The van der Waals surface area contributed by atoms with Crippen molar-refractivity contribution >= 4 is 12.1 Å². The number of hydrogen-bond acceptors (Lipinski definition) is 2. The van der Waals surface area contributed by atoms with E-state index in [4.69, 9.17) is 0 Å². The minimum absolute atomic E-state index is 0.501. The molecule has 1 aromatic carbocycles. The third-order valence-corrected chi connectivity index (χ3v) is 1.59. The van der Waals surface area contributed by atoms with Crippen LogP contribution in [0.15, 0.2) is 24.3 Å². The van der Waals surface area contributed by atoms with Gasteiger partial charge >= 0.3 is 0 Å². The first-order chi connectivity index (χ1) is 5.74. The van der Waals surface area contributed by atoms with Gasteiger partial charge in [-0.25, -0.2) is 0 Å². The van der Waals surface area contributed by atoms with Gasteiger partial charge in [-0.3, -0.25) is 4.79 Å². The van der Waals surface area contributed by atoms with E-state index in [1.54, 1.807) is 31.2 Å². The second-order valence-corrected chi connectivity index (χ2v) is 2.56. The van der Waals surface area contributed by atoms with Gasteiger partial charge in [-0.05, 0) is 24.6 Å². The minimum atomic E-state index is -0.501. The number of nitrogens with one attached hydrogen (secondary N) is 1. The normalized spacial score (nSPS) is 12.2. The fourth-order valence-corrected chi connectivity index (χ4v) is 0.956. The topological polar surface area (TPSA) is 49.3 Å². The average molecular weight is 165 g/mol. The zero-order valence-electron chi connectivity index (χ0n) is 6.82. The second-order valence-electron chi connectivity index (χ2n) is 2.56. The summed E-state index contributed by atoms with van der Waals surface area (Å²) in [6.07, 6.45) is 0.111. The molecule has 3 heteroatoms. The Hall–Kier alpha value is -1.35. The van der Waals surface area contributed by atoms with Crippen molar-refractivity contribution in [2.75, 3.05) is 5.32 Å². The molecule has 0 aliphatic rings. The van der Waals surface area contributed by atoms with Crippen molar-refractivity contribution < 1.29 is 9.90 Å². The molecule has 12 heavy (non-hydrogen) atoms. The maximum atomic E-state index is 10.1. The van der Waals surface area contributed by atoms with Gasteiger partial charge in [0, 0.05) is 5.69 Å². The summed E-state index contributed by atoms with van der Waals surface area (Å²) in [6.45, 7) is 1.68. The lowest BCUT2D eigenvalue weighted by Crippen LogP contribution is -1.96. The number of aliphatic hydroxyl groups excluding tert-OH is 1. The summed E-state index contributed by atoms with van der Waals surface area (Å²) in [6, 6.07) is 7.09. The fraction of sp³-hybridized carbons (Fsp3) is 0.222. The molecule has 0 radical (unpaired) electrons. The molecule has 1 aromatic rings. The number of carbonyl (C=O) groups excluding carboxylic acids is 1. The molecule has 64 valence electrons. The van der Waals surface area contributed by atoms with Gasteiger partial charge in [-0.2, -0.15) is 0 Å². The number of rotatable bonds is 3. The van der Waals surface area contributed by atoms with Gasteiger partial charge in [0.15, 0.2) is 0 Å². The highest BCUT2D eigenvalue weighted by Crippen LogP contribution is 2.16. The Morgan fingerprint density at radius 1 is 1.58 bits per heavy atom. The van der Waals surface area contributed by atoms with Crippen LogP contribution in [0.1, 0.15) is 18.6 Å². The van der Waals surface area contributed by atoms with Crippen LogP contribution in [0.4, 0.5) is 5.69 Å². The van der Waals surface area contributed by atoms with Crippen LogP contribution in [0.3, 0.4) is 0 Å². The molecule has 3 nitrogen and oxygen atoms in total. The summed E-state index contributed by atoms with van der Waals surface area (Å²) >= 11 is 0. The summed E-state index contributed by atoms with van der Waals surface area (Å²) in [5.74, 6) is 0. The highest BCUT2D eigenvalue weighted by Gasteiger charge is 1.99. The second kappa shape index (κ2) is 3.88. The first-order valence-electron chi connectivity index (χ1n) is 3.72. The van der Waals surface area contributed by atoms with Crippen molar-refractivity contribution in [3.63, 3.8) is 0 Å². The number of hydrogen-bond donors (Lipinski definition) is 2. The SMILES string of the molecule is C[C@@H](O)c1cccc(NC=O)c1. The molecule has 0 spiro atoms.